The maximum atomic E-state index is 12.0. The van der Waals surface area contributed by atoms with Crippen LogP contribution >= 0.6 is 0 Å². The van der Waals surface area contributed by atoms with Gasteiger partial charge in [-0.15, -0.1) is 0 Å². The standard InChI is InChI=1S/C18H32N2O2/c1-3-5-7-9-11-13-16(12-10-8-6-4-2)20-15-14-17(21)19-18(20)22/h14-16H,3-13H2,1-2H3,(H,19,21,22). The molecule has 0 aliphatic rings. The zero-order chi connectivity index (χ0) is 16.2. The fourth-order valence-electron chi connectivity index (χ4n) is 2.93. The molecule has 1 aromatic heterocycles. The van der Waals surface area contributed by atoms with Gasteiger partial charge in [0.15, 0.2) is 0 Å². The van der Waals surface area contributed by atoms with Crippen molar-refractivity contribution in [1.29, 1.82) is 0 Å². The fourth-order valence-corrected chi connectivity index (χ4v) is 2.93. The number of hydrogen-bond donors (Lipinski definition) is 1. The molecule has 0 radical (unpaired) electrons. The van der Waals surface area contributed by atoms with Gasteiger partial charge in [0.2, 0.25) is 0 Å². The van der Waals surface area contributed by atoms with E-state index >= 15 is 0 Å². The number of nitrogens with zero attached hydrogens (tertiary/aromatic N) is 1. The Hall–Kier alpha value is -1.32. The first-order valence-corrected chi connectivity index (χ1v) is 9.00. The molecule has 1 heterocycles. The molecule has 126 valence electrons. The first-order valence-electron chi connectivity index (χ1n) is 9.00. The lowest BCUT2D eigenvalue weighted by molar-refractivity contribution is 0.382. The molecule has 22 heavy (non-hydrogen) atoms. The fraction of sp³-hybridized carbons (Fsp3) is 0.778. The molecule has 0 bridgehead atoms. The number of aromatic nitrogens is 2. The third-order valence-electron chi connectivity index (χ3n) is 4.28. The summed E-state index contributed by atoms with van der Waals surface area (Å²) < 4.78 is 1.73. The Morgan fingerprint density at radius 3 is 2.00 bits per heavy atom. The Morgan fingerprint density at radius 1 is 0.909 bits per heavy atom. The molecule has 0 aliphatic carbocycles. The van der Waals surface area contributed by atoms with Gasteiger partial charge < -0.3 is 0 Å². The van der Waals surface area contributed by atoms with Crippen molar-refractivity contribution in [1.82, 2.24) is 9.55 Å². The lowest BCUT2D eigenvalue weighted by Gasteiger charge is -2.19. The van der Waals surface area contributed by atoms with E-state index in [-0.39, 0.29) is 17.3 Å². The number of hydrogen-bond acceptors (Lipinski definition) is 2. The van der Waals surface area contributed by atoms with Crippen LogP contribution < -0.4 is 11.2 Å². The molecule has 0 fully saturated rings. The van der Waals surface area contributed by atoms with Crippen LogP contribution in [0.1, 0.15) is 90.5 Å². The average molecular weight is 308 g/mol. The summed E-state index contributed by atoms with van der Waals surface area (Å²) in [7, 11) is 0. The minimum Gasteiger partial charge on any atom is -0.298 e. The summed E-state index contributed by atoms with van der Waals surface area (Å²) in [6, 6.07) is 1.68. The normalized spacial score (nSPS) is 12.5. The van der Waals surface area contributed by atoms with Crippen molar-refractivity contribution in [2.75, 3.05) is 0 Å². The minimum atomic E-state index is -0.311. The van der Waals surface area contributed by atoms with Crippen LogP contribution in [0.25, 0.3) is 0 Å². The smallest absolute Gasteiger partial charge is 0.298 e. The molecule has 4 nitrogen and oxygen atoms in total. The molecular formula is C18H32N2O2. The van der Waals surface area contributed by atoms with Gasteiger partial charge >= 0.3 is 5.69 Å². The van der Waals surface area contributed by atoms with Crippen molar-refractivity contribution in [3.05, 3.63) is 33.1 Å². The van der Waals surface area contributed by atoms with Gasteiger partial charge in [-0.25, -0.2) is 4.79 Å². The van der Waals surface area contributed by atoms with Gasteiger partial charge in [-0.1, -0.05) is 71.6 Å². The average Bonchev–Trinajstić information content (AvgIpc) is 2.50. The van der Waals surface area contributed by atoms with Gasteiger partial charge in [0.25, 0.3) is 5.56 Å². The van der Waals surface area contributed by atoms with E-state index in [0.717, 1.165) is 25.7 Å². The Bertz CT molecular complexity index is 504. The molecule has 0 amide bonds. The van der Waals surface area contributed by atoms with E-state index in [4.69, 9.17) is 0 Å². The first kappa shape index (κ1) is 18.7. The second kappa shape index (κ2) is 11.3. The Kier molecular flexibility index (Phi) is 9.60. The summed E-state index contributed by atoms with van der Waals surface area (Å²) in [6.07, 6.45) is 14.8. The summed E-state index contributed by atoms with van der Waals surface area (Å²) in [5, 5.41) is 0. The highest BCUT2D eigenvalue weighted by Gasteiger charge is 2.12. The predicted octanol–water partition coefficient (Wildman–Crippen LogP) is 4.41. The lowest BCUT2D eigenvalue weighted by Crippen LogP contribution is -2.31. The van der Waals surface area contributed by atoms with Gasteiger partial charge in [0.05, 0.1) is 0 Å². The van der Waals surface area contributed by atoms with E-state index in [1.807, 2.05) is 0 Å². The van der Waals surface area contributed by atoms with E-state index in [1.165, 1.54) is 51.0 Å². The molecule has 0 aromatic carbocycles. The van der Waals surface area contributed by atoms with Crippen molar-refractivity contribution in [2.24, 2.45) is 0 Å². The largest absolute Gasteiger partial charge is 0.328 e. The molecule has 4 heteroatoms. The van der Waals surface area contributed by atoms with Gasteiger partial charge in [-0.2, -0.15) is 0 Å². The Balaban J connectivity index is 2.60. The molecule has 0 aliphatic heterocycles. The molecule has 0 saturated heterocycles. The second-order valence-electron chi connectivity index (χ2n) is 6.22. The Labute approximate surface area is 134 Å². The third-order valence-corrected chi connectivity index (χ3v) is 4.28. The molecule has 1 atom stereocenters. The highest BCUT2D eigenvalue weighted by molar-refractivity contribution is 4.86. The van der Waals surface area contributed by atoms with Crippen LogP contribution in [0.5, 0.6) is 0 Å². The van der Waals surface area contributed by atoms with Crippen molar-refractivity contribution in [3.8, 4) is 0 Å². The molecule has 1 aromatic rings. The van der Waals surface area contributed by atoms with Crippen LogP contribution in [0.4, 0.5) is 0 Å². The monoisotopic (exact) mass is 308 g/mol. The maximum absolute atomic E-state index is 12.0. The number of unbranched alkanes of at least 4 members (excludes halogenated alkanes) is 7. The van der Waals surface area contributed by atoms with Crippen LogP contribution in [0.3, 0.4) is 0 Å². The molecule has 0 spiro atoms. The van der Waals surface area contributed by atoms with E-state index < -0.39 is 0 Å². The molecule has 1 rings (SSSR count). The SMILES string of the molecule is CCCCCCCC(CCCCCC)n1ccc(=O)[nH]c1=O. The summed E-state index contributed by atoms with van der Waals surface area (Å²) in [6.45, 7) is 4.42. The highest BCUT2D eigenvalue weighted by Crippen LogP contribution is 2.21. The van der Waals surface area contributed by atoms with Crippen molar-refractivity contribution in [3.63, 3.8) is 0 Å². The van der Waals surface area contributed by atoms with Gasteiger partial charge in [0.1, 0.15) is 0 Å². The van der Waals surface area contributed by atoms with Crippen LogP contribution in [0, 0.1) is 0 Å². The zero-order valence-electron chi connectivity index (χ0n) is 14.3. The maximum Gasteiger partial charge on any atom is 0.328 e. The first-order chi connectivity index (χ1) is 10.7. The van der Waals surface area contributed by atoms with Crippen LogP contribution in [0.15, 0.2) is 21.9 Å². The summed E-state index contributed by atoms with van der Waals surface area (Å²) in [5.74, 6) is 0. The third kappa shape index (κ3) is 7.10. The van der Waals surface area contributed by atoms with Crippen molar-refractivity contribution < 1.29 is 0 Å². The van der Waals surface area contributed by atoms with Crippen LogP contribution in [-0.4, -0.2) is 9.55 Å². The number of rotatable bonds is 12. The van der Waals surface area contributed by atoms with Crippen molar-refractivity contribution >= 4 is 0 Å². The van der Waals surface area contributed by atoms with E-state index in [0.29, 0.717) is 0 Å². The van der Waals surface area contributed by atoms with Gasteiger partial charge in [-0.05, 0) is 12.8 Å². The number of H-pyrrole nitrogens is 1. The van der Waals surface area contributed by atoms with E-state index in [9.17, 15) is 9.59 Å². The van der Waals surface area contributed by atoms with Crippen molar-refractivity contribution in [2.45, 2.75) is 90.5 Å². The van der Waals surface area contributed by atoms with E-state index in [2.05, 4.69) is 18.8 Å². The van der Waals surface area contributed by atoms with Gasteiger partial charge in [0, 0.05) is 18.3 Å². The minimum absolute atomic E-state index is 0.225. The second-order valence-corrected chi connectivity index (χ2v) is 6.22. The number of aromatic amines is 1. The molecule has 0 saturated carbocycles. The summed E-state index contributed by atoms with van der Waals surface area (Å²) in [4.78, 5) is 25.6. The van der Waals surface area contributed by atoms with Crippen LogP contribution in [0.2, 0.25) is 0 Å². The predicted molar refractivity (Wildman–Crippen MR) is 92.5 cm³/mol. The zero-order valence-corrected chi connectivity index (χ0v) is 14.3. The molecule has 1 unspecified atom stereocenters. The Morgan fingerprint density at radius 2 is 1.45 bits per heavy atom. The molecular weight excluding hydrogens is 276 g/mol. The van der Waals surface area contributed by atoms with E-state index in [1.54, 1.807) is 10.8 Å². The van der Waals surface area contributed by atoms with Crippen LogP contribution in [-0.2, 0) is 0 Å². The number of nitrogens with one attached hydrogen (secondary N) is 1. The highest BCUT2D eigenvalue weighted by atomic mass is 16.2. The topological polar surface area (TPSA) is 54.9 Å². The lowest BCUT2D eigenvalue weighted by atomic mass is 10.0. The summed E-state index contributed by atoms with van der Waals surface area (Å²) >= 11 is 0. The van der Waals surface area contributed by atoms with Gasteiger partial charge in [-0.3, -0.25) is 14.3 Å². The quantitative estimate of drug-likeness (QED) is 0.581. The summed E-state index contributed by atoms with van der Waals surface area (Å²) in [5.41, 5.74) is -0.574. The molecule has 1 N–H and O–H groups in total.